The van der Waals surface area contributed by atoms with Crippen molar-refractivity contribution in [2.45, 2.75) is 26.4 Å². The first-order valence-corrected chi connectivity index (χ1v) is 7.07. The van der Waals surface area contributed by atoms with Crippen LogP contribution in [0, 0.1) is 18.3 Å². The van der Waals surface area contributed by atoms with E-state index in [9.17, 15) is 0 Å². The molecule has 1 unspecified atom stereocenters. The van der Waals surface area contributed by atoms with Gasteiger partial charge in [0.15, 0.2) is 6.61 Å². The topological polar surface area (TPSA) is 45.0 Å². The van der Waals surface area contributed by atoms with Gasteiger partial charge in [-0.1, -0.05) is 42.0 Å². The monoisotopic (exact) mass is 280 g/mol. The zero-order valence-corrected chi connectivity index (χ0v) is 12.5. The SMILES string of the molecule is Cc1ccc(C(C)NCc2cccc(OCC#N)c2)cc1. The average molecular weight is 280 g/mol. The van der Waals surface area contributed by atoms with Gasteiger partial charge in [0.05, 0.1) is 0 Å². The van der Waals surface area contributed by atoms with Crippen molar-refractivity contribution in [2.24, 2.45) is 0 Å². The van der Waals surface area contributed by atoms with Crippen molar-refractivity contribution in [2.75, 3.05) is 6.61 Å². The van der Waals surface area contributed by atoms with Gasteiger partial charge >= 0.3 is 0 Å². The predicted octanol–water partition coefficient (Wildman–Crippen LogP) is 3.75. The van der Waals surface area contributed by atoms with Crippen LogP contribution in [0.2, 0.25) is 0 Å². The van der Waals surface area contributed by atoms with Crippen LogP contribution in [-0.2, 0) is 6.54 Å². The molecule has 0 aliphatic carbocycles. The molecular formula is C18H20N2O. The van der Waals surface area contributed by atoms with Crippen LogP contribution < -0.4 is 10.1 Å². The molecule has 0 radical (unpaired) electrons. The molecule has 0 spiro atoms. The summed E-state index contributed by atoms with van der Waals surface area (Å²) in [6.45, 7) is 5.09. The van der Waals surface area contributed by atoms with E-state index in [4.69, 9.17) is 10.00 Å². The fourth-order valence-electron chi connectivity index (χ4n) is 2.10. The molecule has 0 saturated carbocycles. The smallest absolute Gasteiger partial charge is 0.174 e. The average Bonchev–Trinajstić information content (AvgIpc) is 2.52. The summed E-state index contributed by atoms with van der Waals surface area (Å²) in [7, 11) is 0. The molecule has 21 heavy (non-hydrogen) atoms. The summed E-state index contributed by atoms with van der Waals surface area (Å²) in [5.41, 5.74) is 3.69. The van der Waals surface area contributed by atoms with Crippen LogP contribution >= 0.6 is 0 Å². The zero-order valence-electron chi connectivity index (χ0n) is 12.5. The summed E-state index contributed by atoms with van der Waals surface area (Å²) in [6, 6.07) is 18.6. The Kier molecular flexibility index (Phi) is 5.36. The first-order valence-electron chi connectivity index (χ1n) is 7.07. The highest BCUT2D eigenvalue weighted by Gasteiger charge is 2.05. The summed E-state index contributed by atoms with van der Waals surface area (Å²) in [5, 5.41) is 12.0. The van der Waals surface area contributed by atoms with Crippen LogP contribution in [0.1, 0.15) is 29.7 Å². The van der Waals surface area contributed by atoms with E-state index in [-0.39, 0.29) is 12.6 Å². The van der Waals surface area contributed by atoms with Crippen molar-refractivity contribution in [3.05, 3.63) is 65.2 Å². The quantitative estimate of drug-likeness (QED) is 0.876. The molecule has 0 amide bonds. The normalized spacial score (nSPS) is 11.7. The molecule has 108 valence electrons. The Balaban J connectivity index is 1.93. The number of aryl methyl sites for hydroxylation is 1. The molecule has 0 heterocycles. The Morgan fingerprint density at radius 2 is 1.95 bits per heavy atom. The fourth-order valence-corrected chi connectivity index (χ4v) is 2.10. The van der Waals surface area contributed by atoms with E-state index in [1.807, 2.05) is 30.3 Å². The number of hydrogen-bond donors (Lipinski definition) is 1. The maximum Gasteiger partial charge on any atom is 0.174 e. The molecule has 0 bridgehead atoms. The van der Waals surface area contributed by atoms with E-state index in [0.29, 0.717) is 0 Å². The third kappa shape index (κ3) is 4.62. The maximum absolute atomic E-state index is 8.53. The number of nitrogens with one attached hydrogen (secondary N) is 1. The van der Waals surface area contributed by atoms with E-state index < -0.39 is 0 Å². The number of nitrogens with zero attached hydrogens (tertiary/aromatic N) is 1. The van der Waals surface area contributed by atoms with Crippen molar-refractivity contribution in [3.63, 3.8) is 0 Å². The van der Waals surface area contributed by atoms with Crippen molar-refractivity contribution >= 4 is 0 Å². The largest absolute Gasteiger partial charge is 0.479 e. The molecule has 0 fully saturated rings. The van der Waals surface area contributed by atoms with Crippen LogP contribution in [-0.4, -0.2) is 6.61 Å². The lowest BCUT2D eigenvalue weighted by atomic mass is 10.1. The van der Waals surface area contributed by atoms with Crippen LogP contribution in [0.5, 0.6) is 5.75 Å². The molecule has 1 N–H and O–H groups in total. The van der Waals surface area contributed by atoms with Gasteiger partial charge in [0.1, 0.15) is 11.8 Å². The molecule has 2 aromatic rings. The zero-order chi connectivity index (χ0) is 15.1. The second-order valence-corrected chi connectivity index (χ2v) is 5.11. The second kappa shape index (κ2) is 7.47. The number of hydrogen-bond acceptors (Lipinski definition) is 3. The van der Waals surface area contributed by atoms with Gasteiger partial charge in [-0.3, -0.25) is 0 Å². The van der Waals surface area contributed by atoms with Crippen LogP contribution in [0.3, 0.4) is 0 Å². The van der Waals surface area contributed by atoms with E-state index >= 15 is 0 Å². The van der Waals surface area contributed by atoms with Crippen molar-refractivity contribution in [1.82, 2.24) is 5.32 Å². The summed E-state index contributed by atoms with van der Waals surface area (Å²) < 4.78 is 5.31. The van der Waals surface area contributed by atoms with Gasteiger partial charge < -0.3 is 10.1 Å². The fraction of sp³-hybridized carbons (Fsp3) is 0.278. The van der Waals surface area contributed by atoms with Gasteiger partial charge in [0, 0.05) is 12.6 Å². The Bertz CT molecular complexity index is 614. The van der Waals surface area contributed by atoms with Gasteiger partial charge in [-0.05, 0) is 37.1 Å². The van der Waals surface area contributed by atoms with Crippen molar-refractivity contribution in [1.29, 1.82) is 5.26 Å². The van der Waals surface area contributed by atoms with Crippen LogP contribution in [0.4, 0.5) is 0 Å². The standard InChI is InChI=1S/C18H20N2O/c1-14-6-8-17(9-7-14)15(2)20-13-16-4-3-5-18(12-16)21-11-10-19/h3-9,12,15,20H,11,13H2,1-2H3. The molecule has 3 nitrogen and oxygen atoms in total. The highest BCUT2D eigenvalue weighted by atomic mass is 16.5. The lowest BCUT2D eigenvalue weighted by molar-refractivity contribution is 0.367. The van der Waals surface area contributed by atoms with Crippen LogP contribution in [0.15, 0.2) is 48.5 Å². The molecule has 2 rings (SSSR count). The van der Waals surface area contributed by atoms with E-state index in [1.54, 1.807) is 0 Å². The van der Waals surface area contributed by atoms with Gasteiger partial charge in [-0.2, -0.15) is 5.26 Å². The lowest BCUT2D eigenvalue weighted by Crippen LogP contribution is -2.18. The Morgan fingerprint density at radius 1 is 1.19 bits per heavy atom. The highest BCUT2D eigenvalue weighted by molar-refractivity contribution is 5.29. The minimum absolute atomic E-state index is 0.0800. The number of rotatable bonds is 6. The molecule has 0 aliphatic heterocycles. The minimum atomic E-state index is 0.0800. The number of nitriles is 1. The van der Waals surface area contributed by atoms with Gasteiger partial charge in [0.2, 0.25) is 0 Å². The van der Waals surface area contributed by atoms with Crippen molar-refractivity contribution < 1.29 is 4.74 Å². The van der Waals surface area contributed by atoms with Gasteiger partial charge in [-0.15, -0.1) is 0 Å². The Morgan fingerprint density at radius 3 is 2.67 bits per heavy atom. The summed E-state index contributed by atoms with van der Waals surface area (Å²) in [4.78, 5) is 0. The van der Waals surface area contributed by atoms with Crippen LogP contribution in [0.25, 0.3) is 0 Å². The third-order valence-electron chi connectivity index (χ3n) is 3.39. The van der Waals surface area contributed by atoms with E-state index in [0.717, 1.165) is 17.9 Å². The molecule has 1 atom stereocenters. The summed E-state index contributed by atoms with van der Waals surface area (Å²) >= 11 is 0. The molecular weight excluding hydrogens is 260 g/mol. The minimum Gasteiger partial charge on any atom is -0.479 e. The Hall–Kier alpha value is -2.31. The van der Waals surface area contributed by atoms with Gasteiger partial charge in [-0.25, -0.2) is 0 Å². The molecule has 0 saturated heterocycles. The van der Waals surface area contributed by atoms with E-state index in [1.165, 1.54) is 11.1 Å². The number of ether oxygens (including phenoxy) is 1. The first kappa shape index (κ1) is 15.1. The third-order valence-corrected chi connectivity index (χ3v) is 3.39. The summed E-state index contributed by atoms with van der Waals surface area (Å²) in [6.07, 6.45) is 0. The highest BCUT2D eigenvalue weighted by Crippen LogP contribution is 2.16. The molecule has 3 heteroatoms. The molecule has 2 aromatic carbocycles. The first-order chi connectivity index (χ1) is 10.2. The molecule has 0 aliphatic rings. The number of benzene rings is 2. The van der Waals surface area contributed by atoms with Gasteiger partial charge in [0.25, 0.3) is 0 Å². The summed E-state index contributed by atoms with van der Waals surface area (Å²) in [5.74, 6) is 0.735. The maximum atomic E-state index is 8.53. The lowest BCUT2D eigenvalue weighted by Gasteiger charge is -2.15. The second-order valence-electron chi connectivity index (χ2n) is 5.11. The van der Waals surface area contributed by atoms with E-state index in [2.05, 4.69) is 43.4 Å². The molecule has 0 aromatic heterocycles. The predicted molar refractivity (Wildman–Crippen MR) is 84.0 cm³/mol. The Labute approximate surface area is 126 Å². The van der Waals surface area contributed by atoms with Crippen molar-refractivity contribution in [3.8, 4) is 11.8 Å².